The van der Waals surface area contributed by atoms with E-state index in [0.29, 0.717) is 26.4 Å². The van der Waals surface area contributed by atoms with Crippen molar-refractivity contribution >= 4 is 0 Å². The van der Waals surface area contributed by atoms with Gasteiger partial charge in [-0.1, -0.05) is 6.92 Å². The minimum atomic E-state index is 0.166. The number of nitrogens with one attached hydrogen (secondary N) is 1. The summed E-state index contributed by atoms with van der Waals surface area (Å²) >= 11 is 0. The van der Waals surface area contributed by atoms with Crippen LogP contribution in [0.25, 0.3) is 0 Å². The fourth-order valence-corrected chi connectivity index (χ4v) is 1.05. The van der Waals surface area contributed by atoms with E-state index in [1.165, 1.54) is 0 Å². The molecule has 0 aromatic heterocycles. The second-order valence-corrected chi connectivity index (χ2v) is 3.33. The first-order valence-electron chi connectivity index (χ1n) is 5.45. The molecule has 5 heteroatoms. The first kappa shape index (κ1) is 14.8. The number of rotatable bonds is 11. The molecule has 0 aromatic carbocycles. The molecule has 1 unspecified atom stereocenters. The van der Waals surface area contributed by atoms with Crippen LogP contribution in [0.2, 0.25) is 0 Å². The largest absolute Gasteiger partial charge is 0.382 e. The maximum atomic E-state index is 5.39. The topological polar surface area (TPSA) is 65.7 Å². The molecule has 1 atom stereocenters. The molecule has 0 aliphatic heterocycles. The average molecular weight is 220 g/mol. The number of hydrogen-bond donors (Lipinski definition) is 2. The maximum absolute atomic E-state index is 5.39. The van der Waals surface area contributed by atoms with Gasteiger partial charge in [0.15, 0.2) is 0 Å². The van der Waals surface area contributed by atoms with Gasteiger partial charge in [-0.05, 0) is 12.8 Å². The smallest absolute Gasteiger partial charge is 0.0700 e. The molecule has 0 heterocycles. The highest BCUT2D eigenvalue weighted by Gasteiger charge is 2.05. The van der Waals surface area contributed by atoms with Crippen molar-refractivity contribution in [3.05, 3.63) is 0 Å². The van der Waals surface area contributed by atoms with E-state index in [0.717, 1.165) is 19.4 Å². The van der Waals surface area contributed by atoms with Crippen LogP contribution in [0.3, 0.4) is 0 Å². The van der Waals surface area contributed by atoms with Crippen LogP contribution in [0.5, 0.6) is 0 Å². The van der Waals surface area contributed by atoms with Crippen LogP contribution in [0.15, 0.2) is 0 Å². The summed E-state index contributed by atoms with van der Waals surface area (Å²) in [5.41, 5.74) is 2.72. The molecular weight excluding hydrogens is 196 g/mol. The zero-order chi connectivity index (χ0) is 11.4. The van der Waals surface area contributed by atoms with Crippen molar-refractivity contribution < 1.29 is 14.2 Å². The minimum absolute atomic E-state index is 0.166. The molecule has 92 valence electrons. The van der Waals surface area contributed by atoms with Gasteiger partial charge in [0.05, 0.1) is 19.8 Å². The van der Waals surface area contributed by atoms with Gasteiger partial charge in [0, 0.05) is 26.4 Å². The molecule has 0 rings (SSSR count). The van der Waals surface area contributed by atoms with Gasteiger partial charge in [-0.3, -0.25) is 11.3 Å². The first-order valence-corrected chi connectivity index (χ1v) is 5.45. The summed E-state index contributed by atoms with van der Waals surface area (Å²) in [6.07, 6.45) is 1.88. The Balaban J connectivity index is 3.28. The lowest BCUT2D eigenvalue weighted by atomic mass is 10.2. The van der Waals surface area contributed by atoms with E-state index in [1.54, 1.807) is 7.11 Å². The fraction of sp³-hybridized carbons (Fsp3) is 1.00. The number of nitrogens with two attached hydrogens (primary N) is 1. The van der Waals surface area contributed by atoms with Gasteiger partial charge in [-0.15, -0.1) is 0 Å². The molecule has 3 N–H and O–H groups in total. The molecule has 0 spiro atoms. The zero-order valence-corrected chi connectivity index (χ0v) is 9.83. The van der Waals surface area contributed by atoms with Crippen molar-refractivity contribution in [2.24, 2.45) is 5.84 Å². The summed E-state index contributed by atoms with van der Waals surface area (Å²) in [5.74, 6) is 5.39. The van der Waals surface area contributed by atoms with Gasteiger partial charge in [-0.25, -0.2) is 0 Å². The van der Waals surface area contributed by atoms with Gasteiger partial charge < -0.3 is 14.2 Å². The zero-order valence-electron chi connectivity index (χ0n) is 9.83. The van der Waals surface area contributed by atoms with Crippen LogP contribution in [-0.4, -0.2) is 46.2 Å². The summed E-state index contributed by atoms with van der Waals surface area (Å²) in [7, 11) is 1.66. The van der Waals surface area contributed by atoms with Crippen molar-refractivity contribution in [3.63, 3.8) is 0 Å². The minimum Gasteiger partial charge on any atom is -0.382 e. The molecule has 0 amide bonds. The standard InChI is InChI=1S/C10H24N2O3/c1-3-5-15-9-10(12-11)4-6-14-8-7-13-2/h10,12H,3-9,11H2,1-2H3. The lowest BCUT2D eigenvalue weighted by Crippen LogP contribution is -2.39. The van der Waals surface area contributed by atoms with Crippen molar-refractivity contribution in [2.45, 2.75) is 25.8 Å². The average Bonchev–Trinajstić information content (AvgIpc) is 2.26. The third-order valence-corrected chi connectivity index (χ3v) is 1.95. The molecule has 0 radical (unpaired) electrons. The Kier molecular flexibility index (Phi) is 11.7. The fourth-order valence-electron chi connectivity index (χ4n) is 1.05. The third-order valence-electron chi connectivity index (χ3n) is 1.95. The summed E-state index contributed by atoms with van der Waals surface area (Å²) in [4.78, 5) is 0. The number of hydrazine groups is 1. The van der Waals surface area contributed by atoms with Crippen LogP contribution in [0.1, 0.15) is 19.8 Å². The van der Waals surface area contributed by atoms with E-state index in [9.17, 15) is 0 Å². The quantitative estimate of drug-likeness (QED) is 0.298. The molecule has 0 aromatic rings. The maximum Gasteiger partial charge on any atom is 0.0700 e. The van der Waals surface area contributed by atoms with Gasteiger partial charge in [0.1, 0.15) is 0 Å². The molecule has 0 fully saturated rings. The van der Waals surface area contributed by atoms with Crippen LogP contribution >= 0.6 is 0 Å². The van der Waals surface area contributed by atoms with Gasteiger partial charge in [0.2, 0.25) is 0 Å². The van der Waals surface area contributed by atoms with Crippen LogP contribution in [-0.2, 0) is 14.2 Å². The molecule has 0 saturated heterocycles. The van der Waals surface area contributed by atoms with Gasteiger partial charge in [0.25, 0.3) is 0 Å². The Morgan fingerprint density at radius 1 is 1.13 bits per heavy atom. The Bertz CT molecular complexity index is 125. The lowest BCUT2D eigenvalue weighted by Gasteiger charge is -2.15. The Morgan fingerprint density at radius 2 is 1.93 bits per heavy atom. The van der Waals surface area contributed by atoms with E-state index < -0.39 is 0 Å². The van der Waals surface area contributed by atoms with E-state index in [-0.39, 0.29) is 6.04 Å². The SMILES string of the molecule is CCCOCC(CCOCCOC)NN. The van der Waals surface area contributed by atoms with Crippen molar-refractivity contribution in [1.82, 2.24) is 5.43 Å². The van der Waals surface area contributed by atoms with E-state index >= 15 is 0 Å². The second kappa shape index (κ2) is 11.9. The molecule has 0 saturated carbocycles. The van der Waals surface area contributed by atoms with Gasteiger partial charge in [-0.2, -0.15) is 0 Å². The molecule has 0 aliphatic rings. The molecule has 5 nitrogen and oxygen atoms in total. The van der Waals surface area contributed by atoms with E-state index in [1.807, 2.05) is 0 Å². The van der Waals surface area contributed by atoms with Gasteiger partial charge >= 0.3 is 0 Å². The highest BCUT2D eigenvalue weighted by molar-refractivity contribution is 4.61. The van der Waals surface area contributed by atoms with Crippen molar-refractivity contribution in [3.8, 4) is 0 Å². The molecule has 0 bridgehead atoms. The number of ether oxygens (including phenoxy) is 3. The lowest BCUT2D eigenvalue weighted by molar-refractivity contribution is 0.0544. The third kappa shape index (κ3) is 10.1. The summed E-state index contributed by atoms with van der Waals surface area (Å²) in [5, 5.41) is 0. The van der Waals surface area contributed by atoms with Crippen molar-refractivity contribution in [1.29, 1.82) is 0 Å². The number of methoxy groups -OCH3 is 1. The normalized spacial score (nSPS) is 13.0. The molecular formula is C10H24N2O3. The highest BCUT2D eigenvalue weighted by atomic mass is 16.5. The second-order valence-electron chi connectivity index (χ2n) is 3.33. The summed E-state index contributed by atoms with van der Waals surface area (Å²) in [6.45, 7) is 5.43. The molecule has 15 heavy (non-hydrogen) atoms. The Morgan fingerprint density at radius 3 is 2.53 bits per heavy atom. The van der Waals surface area contributed by atoms with E-state index in [2.05, 4.69) is 12.3 Å². The first-order chi connectivity index (χ1) is 7.35. The van der Waals surface area contributed by atoms with Crippen LogP contribution < -0.4 is 11.3 Å². The Hall–Kier alpha value is -0.200. The monoisotopic (exact) mass is 220 g/mol. The Labute approximate surface area is 92.2 Å². The number of hydrogen-bond acceptors (Lipinski definition) is 5. The van der Waals surface area contributed by atoms with E-state index in [4.69, 9.17) is 20.1 Å². The molecule has 0 aliphatic carbocycles. The summed E-state index contributed by atoms with van der Waals surface area (Å²) in [6, 6.07) is 0.166. The predicted molar refractivity (Wildman–Crippen MR) is 59.5 cm³/mol. The van der Waals surface area contributed by atoms with Crippen molar-refractivity contribution in [2.75, 3.05) is 40.1 Å². The van der Waals surface area contributed by atoms with Crippen LogP contribution in [0.4, 0.5) is 0 Å². The highest BCUT2D eigenvalue weighted by Crippen LogP contribution is 1.94. The van der Waals surface area contributed by atoms with Crippen LogP contribution in [0, 0.1) is 0 Å². The predicted octanol–water partition coefficient (Wildman–Crippen LogP) is 0.298. The summed E-state index contributed by atoms with van der Waals surface area (Å²) < 4.78 is 15.6.